The third-order valence-electron chi connectivity index (χ3n) is 5.21. The van der Waals surface area contributed by atoms with Gasteiger partial charge in [-0.2, -0.15) is 0 Å². The Kier molecular flexibility index (Phi) is 9.57. The lowest BCUT2D eigenvalue weighted by molar-refractivity contribution is -0.143. The van der Waals surface area contributed by atoms with E-state index in [2.05, 4.69) is 19.2 Å². The third kappa shape index (κ3) is 7.29. The van der Waals surface area contributed by atoms with Crippen LogP contribution in [0, 0.1) is 0 Å². The summed E-state index contributed by atoms with van der Waals surface area (Å²) in [5.74, 6) is 1.35. The predicted molar refractivity (Wildman–Crippen MR) is 127 cm³/mol. The van der Waals surface area contributed by atoms with Crippen molar-refractivity contribution in [1.29, 1.82) is 0 Å². The van der Waals surface area contributed by atoms with Crippen LogP contribution in [0.2, 0.25) is 0 Å². The number of nitrogens with one attached hydrogen (secondary N) is 1. The summed E-state index contributed by atoms with van der Waals surface area (Å²) in [6.07, 6.45) is 0.497. The molecular formula is C26H36N2O4. The van der Waals surface area contributed by atoms with Crippen molar-refractivity contribution in [3.8, 4) is 11.5 Å². The number of carbonyl (C=O) groups is 2. The first-order chi connectivity index (χ1) is 15.2. The van der Waals surface area contributed by atoms with E-state index < -0.39 is 6.04 Å². The fourth-order valence-corrected chi connectivity index (χ4v) is 3.44. The molecule has 0 aliphatic rings. The number of hydrogen-bond acceptors (Lipinski definition) is 4. The molecule has 6 nitrogen and oxygen atoms in total. The summed E-state index contributed by atoms with van der Waals surface area (Å²) in [5.41, 5.74) is 2.09. The molecule has 0 aliphatic carbocycles. The van der Waals surface area contributed by atoms with Crippen molar-refractivity contribution >= 4 is 11.8 Å². The molecule has 2 rings (SSSR count). The highest BCUT2D eigenvalue weighted by Crippen LogP contribution is 2.20. The molecule has 0 heterocycles. The standard InChI is InChI=1S/C26H36N2O4/c1-7-24(26(30)27-19(4)5)28(16-20-9-8-10-23(15-20)31-6)25(29)17-32-22-13-11-21(12-14-22)18(2)3/h8-15,18-19,24H,7,16-17H2,1-6H3,(H,27,30)/t24-/m1/s1. The summed E-state index contributed by atoms with van der Waals surface area (Å²) in [6.45, 7) is 10.1. The normalized spacial score (nSPS) is 11.9. The van der Waals surface area contributed by atoms with Crippen LogP contribution in [0.4, 0.5) is 0 Å². The van der Waals surface area contributed by atoms with Gasteiger partial charge >= 0.3 is 0 Å². The molecule has 0 fully saturated rings. The van der Waals surface area contributed by atoms with E-state index in [9.17, 15) is 9.59 Å². The number of rotatable bonds is 11. The maximum atomic E-state index is 13.2. The first-order valence-electron chi connectivity index (χ1n) is 11.2. The summed E-state index contributed by atoms with van der Waals surface area (Å²) >= 11 is 0. The molecule has 1 N–H and O–H groups in total. The molecule has 2 aromatic rings. The van der Waals surface area contributed by atoms with Crippen molar-refractivity contribution < 1.29 is 19.1 Å². The quantitative estimate of drug-likeness (QED) is 0.557. The minimum atomic E-state index is -0.594. The van der Waals surface area contributed by atoms with Gasteiger partial charge in [0.25, 0.3) is 5.91 Å². The molecule has 2 aromatic carbocycles. The molecule has 0 aromatic heterocycles. The Morgan fingerprint density at radius 1 is 1.00 bits per heavy atom. The Labute approximate surface area is 191 Å². The van der Waals surface area contributed by atoms with E-state index in [-0.39, 0.29) is 31.0 Å². The summed E-state index contributed by atoms with van der Waals surface area (Å²) in [6, 6.07) is 14.7. The Hall–Kier alpha value is -3.02. The maximum absolute atomic E-state index is 13.2. The largest absolute Gasteiger partial charge is 0.497 e. The van der Waals surface area contributed by atoms with Gasteiger partial charge in [0, 0.05) is 12.6 Å². The molecule has 0 unspecified atom stereocenters. The van der Waals surface area contributed by atoms with Gasteiger partial charge in [-0.1, -0.05) is 45.0 Å². The van der Waals surface area contributed by atoms with Gasteiger partial charge in [-0.3, -0.25) is 9.59 Å². The van der Waals surface area contributed by atoms with Gasteiger partial charge in [0.2, 0.25) is 5.91 Å². The number of nitrogens with zero attached hydrogens (tertiary/aromatic N) is 1. The lowest BCUT2D eigenvalue weighted by atomic mass is 10.0. The second-order valence-corrected chi connectivity index (χ2v) is 8.47. The molecule has 0 radical (unpaired) electrons. The number of benzene rings is 2. The van der Waals surface area contributed by atoms with Crippen LogP contribution in [0.3, 0.4) is 0 Å². The number of methoxy groups -OCH3 is 1. The highest BCUT2D eigenvalue weighted by Gasteiger charge is 2.29. The van der Waals surface area contributed by atoms with Crippen molar-refractivity contribution in [2.24, 2.45) is 0 Å². The van der Waals surface area contributed by atoms with Crippen molar-refractivity contribution in [1.82, 2.24) is 10.2 Å². The van der Waals surface area contributed by atoms with Crippen molar-refractivity contribution in [2.75, 3.05) is 13.7 Å². The van der Waals surface area contributed by atoms with Gasteiger partial charge in [-0.25, -0.2) is 0 Å². The highest BCUT2D eigenvalue weighted by molar-refractivity contribution is 5.88. The molecule has 0 saturated heterocycles. The van der Waals surface area contributed by atoms with Gasteiger partial charge < -0.3 is 19.7 Å². The highest BCUT2D eigenvalue weighted by atomic mass is 16.5. The van der Waals surface area contributed by atoms with Gasteiger partial charge in [0.1, 0.15) is 17.5 Å². The van der Waals surface area contributed by atoms with Crippen molar-refractivity contribution in [2.45, 2.75) is 65.6 Å². The van der Waals surface area contributed by atoms with E-state index in [1.807, 2.05) is 69.3 Å². The average molecular weight is 441 g/mol. The van der Waals surface area contributed by atoms with E-state index in [0.717, 1.165) is 5.56 Å². The minimum absolute atomic E-state index is 0.0129. The van der Waals surface area contributed by atoms with Crippen LogP contribution in [0.15, 0.2) is 48.5 Å². The summed E-state index contributed by atoms with van der Waals surface area (Å²) in [7, 11) is 1.60. The number of carbonyl (C=O) groups excluding carboxylic acids is 2. The zero-order chi connectivity index (χ0) is 23.7. The van der Waals surface area contributed by atoms with Gasteiger partial charge in [0.15, 0.2) is 6.61 Å². The Morgan fingerprint density at radius 3 is 2.25 bits per heavy atom. The van der Waals surface area contributed by atoms with Crippen LogP contribution < -0.4 is 14.8 Å². The zero-order valence-electron chi connectivity index (χ0n) is 20.1. The Balaban J connectivity index is 2.20. The SMILES string of the molecule is CC[C@H](C(=O)NC(C)C)N(Cc1cccc(OC)c1)C(=O)COc1ccc(C(C)C)cc1. The van der Waals surface area contributed by atoms with Crippen LogP contribution in [0.1, 0.15) is 58.1 Å². The second-order valence-electron chi connectivity index (χ2n) is 8.47. The van der Waals surface area contributed by atoms with E-state index in [1.165, 1.54) is 5.56 Å². The van der Waals surface area contributed by atoms with Crippen LogP contribution in [0.25, 0.3) is 0 Å². The number of amides is 2. The maximum Gasteiger partial charge on any atom is 0.261 e. The first kappa shape index (κ1) is 25.2. The Bertz CT molecular complexity index is 878. The molecule has 0 spiro atoms. The summed E-state index contributed by atoms with van der Waals surface area (Å²) in [4.78, 5) is 27.7. The number of ether oxygens (including phenoxy) is 2. The van der Waals surface area contributed by atoms with Crippen molar-refractivity contribution in [3.63, 3.8) is 0 Å². The van der Waals surface area contributed by atoms with Crippen LogP contribution >= 0.6 is 0 Å². The molecule has 32 heavy (non-hydrogen) atoms. The lowest BCUT2D eigenvalue weighted by Gasteiger charge is -2.31. The molecule has 0 bridgehead atoms. The van der Waals surface area contributed by atoms with Crippen LogP contribution in [-0.4, -0.2) is 42.5 Å². The van der Waals surface area contributed by atoms with E-state index >= 15 is 0 Å². The smallest absolute Gasteiger partial charge is 0.261 e. The van der Waals surface area contributed by atoms with Gasteiger partial charge in [0.05, 0.1) is 7.11 Å². The fourth-order valence-electron chi connectivity index (χ4n) is 3.44. The molecule has 174 valence electrons. The predicted octanol–water partition coefficient (Wildman–Crippen LogP) is 4.53. The van der Waals surface area contributed by atoms with Crippen LogP contribution in [0.5, 0.6) is 11.5 Å². The molecular weight excluding hydrogens is 404 g/mol. The van der Waals surface area contributed by atoms with Gasteiger partial charge in [-0.15, -0.1) is 0 Å². The second kappa shape index (κ2) is 12.1. The van der Waals surface area contributed by atoms with Crippen LogP contribution in [-0.2, 0) is 16.1 Å². The molecule has 6 heteroatoms. The van der Waals surface area contributed by atoms with E-state index in [1.54, 1.807) is 12.0 Å². The monoisotopic (exact) mass is 440 g/mol. The Morgan fingerprint density at radius 2 is 1.69 bits per heavy atom. The van der Waals surface area contributed by atoms with Gasteiger partial charge in [-0.05, 0) is 61.6 Å². The van der Waals surface area contributed by atoms with Crippen molar-refractivity contribution in [3.05, 3.63) is 59.7 Å². The average Bonchev–Trinajstić information content (AvgIpc) is 2.77. The zero-order valence-corrected chi connectivity index (χ0v) is 20.1. The van der Waals surface area contributed by atoms with E-state index in [0.29, 0.717) is 23.8 Å². The minimum Gasteiger partial charge on any atom is -0.497 e. The molecule has 1 atom stereocenters. The lowest BCUT2D eigenvalue weighted by Crippen LogP contribution is -2.51. The topological polar surface area (TPSA) is 67.9 Å². The third-order valence-corrected chi connectivity index (χ3v) is 5.21. The fraction of sp³-hybridized carbons (Fsp3) is 0.462. The summed E-state index contributed by atoms with van der Waals surface area (Å²) < 4.78 is 11.1. The first-order valence-corrected chi connectivity index (χ1v) is 11.2. The molecule has 0 saturated carbocycles. The van der Waals surface area contributed by atoms with E-state index in [4.69, 9.17) is 9.47 Å². The number of hydrogen-bond donors (Lipinski definition) is 1. The molecule has 0 aliphatic heterocycles. The summed E-state index contributed by atoms with van der Waals surface area (Å²) in [5, 5.41) is 2.93. The molecule has 2 amide bonds.